The standard InChI is InChI=1S/C14H16N4/c1-10-3-2-4-11(7-10)18-14-12-5-6-15-8-13(12)16-9-17-14/h2-4,7,9,15H,5-6,8H2,1H3,(H,16,17,18). The molecule has 0 spiro atoms. The van der Waals surface area contributed by atoms with E-state index in [1.54, 1.807) is 6.33 Å². The van der Waals surface area contributed by atoms with E-state index >= 15 is 0 Å². The maximum Gasteiger partial charge on any atom is 0.137 e. The molecule has 3 rings (SSSR count). The summed E-state index contributed by atoms with van der Waals surface area (Å²) >= 11 is 0. The third-order valence-corrected chi connectivity index (χ3v) is 3.16. The zero-order valence-electron chi connectivity index (χ0n) is 10.4. The third-order valence-electron chi connectivity index (χ3n) is 3.16. The molecule has 18 heavy (non-hydrogen) atoms. The van der Waals surface area contributed by atoms with Crippen LogP contribution in [-0.4, -0.2) is 16.5 Å². The molecule has 0 aliphatic carbocycles. The highest BCUT2D eigenvalue weighted by molar-refractivity contribution is 5.60. The number of nitrogens with zero attached hydrogens (tertiary/aromatic N) is 2. The summed E-state index contributed by atoms with van der Waals surface area (Å²) in [5, 5.41) is 6.72. The van der Waals surface area contributed by atoms with Crippen molar-refractivity contribution in [2.75, 3.05) is 11.9 Å². The Morgan fingerprint density at radius 3 is 3.11 bits per heavy atom. The van der Waals surface area contributed by atoms with E-state index < -0.39 is 0 Å². The van der Waals surface area contributed by atoms with Gasteiger partial charge in [0.25, 0.3) is 0 Å². The second-order valence-electron chi connectivity index (χ2n) is 4.57. The van der Waals surface area contributed by atoms with Crippen molar-refractivity contribution in [3.8, 4) is 0 Å². The Labute approximate surface area is 106 Å². The van der Waals surface area contributed by atoms with Gasteiger partial charge >= 0.3 is 0 Å². The van der Waals surface area contributed by atoms with Gasteiger partial charge in [0.15, 0.2) is 0 Å². The molecule has 4 nitrogen and oxygen atoms in total. The molecule has 2 N–H and O–H groups in total. The minimum atomic E-state index is 0.834. The Morgan fingerprint density at radius 2 is 2.22 bits per heavy atom. The second kappa shape index (κ2) is 4.74. The van der Waals surface area contributed by atoms with E-state index in [-0.39, 0.29) is 0 Å². The molecule has 92 valence electrons. The summed E-state index contributed by atoms with van der Waals surface area (Å²) in [6, 6.07) is 8.32. The molecule has 0 amide bonds. The number of benzene rings is 1. The summed E-state index contributed by atoms with van der Waals surface area (Å²) in [6.07, 6.45) is 2.61. The number of hydrogen-bond acceptors (Lipinski definition) is 4. The number of rotatable bonds is 2. The molecular formula is C14H16N4. The molecule has 1 aliphatic rings. The molecule has 0 fully saturated rings. The highest BCUT2D eigenvalue weighted by Gasteiger charge is 2.14. The summed E-state index contributed by atoms with van der Waals surface area (Å²) in [7, 11) is 0. The van der Waals surface area contributed by atoms with E-state index in [2.05, 4.69) is 45.7 Å². The van der Waals surface area contributed by atoms with Crippen LogP contribution in [0.15, 0.2) is 30.6 Å². The Morgan fingerprint density at radius 1 is 1.28 bits per heavy atom. The normalized spacial score (nSPS) is 14.1. The smallest absolute Gasteiger partial charge is 0.137 e. The largest absolute Gasteiger partial charge is 0.340 e. The van der Waals surface area contributed by atoms with Crippen LogP contribution in [0.5, 0.6) is 0 Å². The lowest BCUT2D eigenvalue weighted by Gasteiger charge is -2.19. The van der Waals surface area contributed by atoms with E-state index in [0.717, 1.165) is 36.7 Å². The number of aromatic nitrogens is 2. The molecule has 0 unspecified atom stereocenters. The fraction of sp³-hybridized carbons (Fsp3) is 0.286. The van der Waals surface area contributed by atoms with Crippen LogP contribution in [0.3, 0.4) is 0 Å². The average Bonchev–Trinajstić information content (AvgIpc) is 2.39. The highest BCUT2D eigenvalue weighted by atomic mass is 15.0. The van der Waals surface area contributed by atoms with E-state index in [1.165, 1.54) is 11.1 Å². The van der Waals surface area contributed by atoms with Crippen LogP contribution >= 0.6 is 0 Å². The van der Waals surface area contributed by atoms with Crippen molar-refractivity contribution in [2.45, 2.75) is 19.9 Å². The van der Waals surface area contributed by atoms with E-state index in [9.17, 15) is 0 Å². The molecule has 0 radical (unpaired) electrons. The highest BCUT2D eigenvalue weighted by Crippen LogP contribution is 2.22. The first-order chi connectivity index (χ1) is 8.83. The van der Waals surface area contributed by atoms with Crippen molar-refractivity contribution in [1.29, 1.82) is 0 Å². The Balaban J connectivity index is 1.93. The SMILES string of the molecule is Cc1cccc(Nc2ncnc3c2CCNC3)c1. The van der Waals surface area contributed by atoms with Gasteiger partial charge in [-0.05, 0) is 37.6 Å². The molecule has 1 aromatic heterocycles. The predicted molar refractivity (Wildman–Crippen MR) is 71.9 cm³/mol. The van der Waals surface area contributed by atoms with Crippen molar-refractivity contribution < 1.29 is 0 Å². The van der Waals surface area contributed by atoms with Gasteiger partial charge in [-0.3, -0.25) is 0 Å². The van der Waals surface area contributed by atoms with Gasteiger partial charge in [-0.1, -0.05) is 12.1 Å². The molecule has 1 aromatic carbocycles. The summed E-state index contributed by atoms with van der Waals surface area (Å²) in [5.41, 5.74) is 4.66. The maximum atomic E-state index is 4.37. The number of anilines is 2. The zero-order valence-corrected chi connectivity index (χ0v) is 10.4. The summed E-state index contributed by atoms with van der Waals surface area (Å²) in [5.74, 6) is 0.937. The number of aryl methyl sites for hydroxylation is 1. The summed E-state index contributed by atoms with van der Waals surface area (Å²) < 4.78 is 0. The molecule has 2 heterocycles. The van der Waals surface area contributed by atoms with E-state index in [0.29, 0.717) is 0 Å². The number of fused-ring (bicyclic) bond motifs is 1. The van der Waals surface area contributed by atoms with Crippen molar-refractivity contribution in [1.82, 2.24) is 15.3 Å². The molecule has 2 aromatic rings. The first-order valence-electron chi connectivity index (χ1n) is 6.20. The maximum absolute atomic E-state index is 4.37. The summed E-state index contributed by atoms with van der Waals surface area (Å²) in [4.78, 5) is 8.69. The van der Waals surface area contributed by atoms with Crippen LogP contribution in [0, 0.1) is 6.92 Å². The topological polar surface area (TPSA) is 49.8 Å². The molecular weight excluding hydrogens is 224 g/mol. The fourth-order valence-corrected chi connectivity index (χ4v) is 2.25. The van der Waals surface area contributed by atoms with Crippen molar-refractivity contribution in [2.24, 2.45) is 0 Å². The zero-order chi connectivity index (χ0) is 12.4. The monoisotopic (exact) mass is 240 g/mol. The molecule has 0 saturated carbocycles. The summed E-state index contributed by atoms with van der Waals surface area (Å²) in [6.45, 7) is 3.91. The molecule has 0 atom stereocenters. The van der Waals surface area contributed by atoms with Crippen LogP contribution in [-0.2, 0) is 13.0 Å². The van der Waals surface area contributed by atoms with Crippen LogP contribution in [0.1, 0.15) is 16.8 Å². The van der Waals surface area contributed by atoms with Crippen LogP contribution in [0.25, 0.3) is 0 Å². The van der Waals surface area contributed by atoms with Gasteiger partial charge in [0.1, 0.15) is 12.1 Å². The van der Waals surface area contributed by atoms with Crippen molar-refractivity contribution in [3.63, 3.8) is 0 Å². The third kappa shape index (κ3) is 2.19. The van der Waals surface area contributed by atoms with Gasteiger partial charge in [-0.2, -0.15) is 0 Å². The minimum absolute atomic E-state index is 0.834. The van der Waals surface area contributed by atoms with Gasteiger partial charge in [0.2, 0.25) is 0 Å². The molecule has 0 bridgehead atoms. The van der Waals surface area contributed by atoms with Crippen LogP contribution < -0.4 is 10.6 Å². The quantitative estimate of drug-likeness (QED) is 0.844. The first kappa shape index (κ1) is 11.2. The Hall–Kier alpha value is -1.94. The second-order valence-corrected chi connectivity index (χ2v) is 4.57. The average molecular weight is 240 g/mol. The van der Waals surface area contributed by atoms with Crippen LogP contribution in [0.4, 0.5) is 11.5 Å². The van der Waals surface area contributed by atoms with Crippen LogP contribution in [0.2, 0.25) is 0 Å². The fourth-order valence-electron chi connectivity index (χ4n) is 2.25. The lowest BCUT2D eigenvalue weighted by Crippen LogP contribution is -2.25. The lowest BCUT2D eigenvalue weighted by molar-refractivity contribution is 0.624. The van der Waals surface area contributed by atoms with Crippen molar-refractivity contribution >= 4 is 11.5 Å². The van der Waals surface area contributed by atoms with Crippen molar-refractivity contribution in [3.05, 3.63) is 47.4 Å². The minimum Gasteiger partial charge on any atom is -0.340 e. The van der Waals surface area contributed by atoms with E-state index in [4.69, 9.17) is 0 Å². The first-order valence-corrected chi connectivity index (χ1v) is 6.20. The van der Waals surface area contributed by atoms with Gasteiger partial charge in [0, 0.05) is 17.8 Å². The Bertz CT molecular complexity index is 565. The van der Waals surface area contributed by atoms with Gasteiger partial charge in [-0.25, -0.2) is 9.97 Å². The molecule has 4 heteroatoms. The van der Waals surface area contributed by atoms with Gasteiger partial charge in [-0.15, -0.1) is 0 Å². The molecule has 0 saturated heterocycles. The lowest BCUT2D eigenvalue weighted by atomic mass is 10.1. The van der Waals surface area contributed by atoms with Gasteiger partial charge < -0.3 is 10.6 Å². The number of nitrogens with one attached hydrogen (secondary N) is 2. The Kier molecular flexibility index (Phi) is 2.94. The number of hydrogen-bond donors (Lipinski definition) is 2. The predicted octanol–water partition coefficient (Wildman–Crippen LogP) is 2.17. The van der Waals surface area contributed by atoms with E-state index in [1.807, 2.05) is 6.07 Å². The molecule has 1 aliphatic heterocycles. The van der Waals surface area contributed by atoms with Gasteiger partial charge in [0.05, 0.1) is 5.69 Å².